The highest BCUT2D eigenvalue weighted by Gasteiger charge is 2.26. The van der Waals surface area contributed by atoms with Gasteiger partial charge in [0.25, 0.3) is 5.22 Å². The van der Waals surface area contributed by atoms with Gasteiger partial charge in [-0.2, -0.15) is 4.31 Å². The first-order valence-electron chi connectivity index (χ1n) is 10.6. The summed E-state index contributed by atoms with van der Waals surface area (Å²) in [6, 6.07) is 13.1. The fourth-order valence-electron chi connectivity index (χ4n) is 3.88. The number of halogens is 1. The number of hydrogen-bond donors (Lipinski definition) is 0. The Morgan fingerprint density at radius 3 is 2.73 bits per heavy atom. The first kappa shape index (κ1) is 22.0. The van der Waals surface area contributed by atoms with Gasteiger partial charge in [-0.25, -0.2) is 12.8 Å². The van der Waals surface area contributed by atoms with Crippen molar-refractivity contribution in [2.45, 2.75) is 35.1 Å². The lowest BCUT2D eigenvalue weighted by Crippen LogP contribution is -2.35. The third-order valence-corrected chi connectivity index (χ3v) is 8.35. The van der Waals surface area contributed by atoms with Crippen molar-refractivity contribution in [3.63, 3.8) is 0 Å². The summed E-state index contributed by atoms with van der Waals surface area (Å²) in [5.74, 6) is 0.403. The van der Waals surface area contributed by atoms with Crippen LogP contribution in [0.1, 0.15) is 24.8 Å². The highest BCUT2D eigenvalue weighted by Crippen LogP contribution is 2.30. The Morgan fingerprint density at radius 2 is 1.88 bits per heavy atom. The van der Waals surface area contributed by atoms with E-state index in [2.05, 4.69) is 15.2 Å². The molecule has 0 amide bonds. The van der Waals surface area contributed by atoms with E-state index >= 15 is 0 Å². The van der Waals surface area contributed by atoms with Gasteiger partial charge >= 0.3 is 0 Å². The van der Waals surface area contributed by atoms with E-state index in [0.717, 1.165) is 24.8 Å². The van der Waals surface area contributed by atoms with Crippen molar-refractivity contribution in [2.24, 2.45) is 0 Å². The normalized spacial score (nSPS) is 15.2. The highest BCUT2D eigenvalue weighted by atomic mass is 32.2. The lowest BCUT2D eigenvalue weighted by atomic mass is 10.1. The smallest absolute Gasteiger partial charge is 0.277 e. The number of sulfonamides is 1. The van der Waals surface area contributed by atoms with E-state index in [1.54, 1.807) is 48.7 Å². The Hall–Kier alpha value is -2.82. The van der Waals surface area contributed by atoms with E-state index in [-0.39, 0.29) is 16.6 Å². The summed E-state index contributed by atoms with van der Waals surface area (Å²) < 4.78 is 47.3. The van der Waals surface area contributed by atoms with E-state index in [9.17, 15) is 12.8 Å². The molecular formula is C23H21FN4O3S2. The van der Waals surface area contributed by atoms with Crippen molar-refractivity contribution in [1.82, 2.24) is 19.5 Å². The van der Waals surface area contributed by atoms with Crippen molar-refractivity contribution in [2.75, 3.05) is 13.1 Å². The van der Waals surface area contributed by atoms with Crippen LogP contribution in [0.4, 0.5) is 4.39 Å². The maximum Gasteiger partial charge on any atom is 0.277 e. The van der Waals surface area contributed by atoms with E-state index in [1.807, 2.05) is 0 Å². The van der Waals surface area contributed by atoms with Crippen LogP contribution in [0.15, 0.2) is 69.3 Å². The molecule has 0 unspecified atom stereocenters. The van der Waals surface area contributed by atoms with Crippen LogP contribution in [0.3, 0.4) is 0 Å². The van der Waals surface area contributed by atoms with E-state index < -0.39 is 10.0 Å². The van der Waals surface area contributed by atoms with Crippen LogP contribution in [0.2, 0.25) is 0 Å². The van der Waals surface area contributed by atoms with Gasteiger partial charge in [-0.15, -0.1) is 10.2 Å². The number of nitrogens with zero attached hydrogens (tertiary/aromatic N) is 4. The molecular weight excluding hydrogens is 463 g/mol. The van der Waals surface area contributed by atoms with Crippen LogP contribution in [0, 0.1) is 5.82 Å². The fourth-order valence-corrected chi connectivity index (χ4v) is 6.19. The van der Waals surface area contributed by atoms with Crippen molar-refractivity contribution in [3.8, 4) is 11.5 Å². The van der Waals surface area contributed by atoms with Gasteiger partial charge in [0.05, 0.1) is 10.4 Å². The molecule has 0 bridgehead atoms. The summed E-state index contributed by atoms with van der Waals surface area (Å²) in [6.07, 6.45) is 4.44. The molecule has 7 nitrogen and oxygen atoms in total. The molecule has 1 fully saturated rings. The minimum absolute atomic E-state index is 0.221. The lowest BCUT2D eigenvalue weighted by molar-refractivity contribution is 0.346. The predicted molar refractivity (Wildman–Crippen MR) is 124 cm³/mol. The van der Waals surface area contributed by atoms with Crippen molar-refractivity contribution >= 4 is 32.7 Å². The summed E-state index contributed by atoms with van der Waals surface area (Å²) in [4.78, 5) is 4.52. The van der Waals surface area contributed by atoms with Gasteiger partial charge in [0.15, 0.2) is 0 Å². The third-order valence-electron chi connectivity index (χ3n) is 5.59. The minimum Gasteiger partial charge on any atom is -0.411 e. The Morgan fingerprint density at radius 1 is 1.03 bits per heavy atom. The SMILES string of the molecule is O=S(=O)(c1cccc(-c2nnc(SCc3ccc(F)c4cccnc34)o2)c1)N1CCCCC1. The van der Waals surface area contributed by atoms with Gasteiger partial charge in [-0.3, -0.25) is 4.98 Å². The second-order valence-corrected chi connectivity index (χ2v) is 10.6. The number of piperidine rings is 1. The largest absolute Gasteiger partial charge is 0.411 e. The summed E-state index contributed by atoms with van der Waals surface area (Å²) in [7, 11) is -3.56. The number of pyridine rings is 1. The zero-order valence-corrected chi connectivity index (χ0v) is 19.3. The minimum atomic E-state index is -3.56. The quantitative estimate of drug-likeness (QED) is 0.360. The van der Waals surface area contributed by atoms with Crippen LogP contribution >= 0.6 is 11.8 Å². The number of benzene rings is 2. The Labute approximate surface area is 195 Å². The first-order valence-corrected chi connectivity index (χ1v) is 13.0. The molecule has 2 aromatic heterocycles. The summed E-state index contributed by atoms with van der Waals surface area (Å²) in [5.41, 5.74) is 1.99. The predicted octanol–water partition coefficient (Wildman–Crippen LogP) is 4.89. The molecule has 2 aromatic carbocycles. The maximum absolute atomic E-state index is 14.0. The maximum atomic E-state index is 14.0. The zero-order chi connectivity index (χ0) is 22.8. The molecule has 1 aliphatic heterocycles. The molecule has 0 atom stereocenters. The molecule has 33 heavy (non-hydrogen) atoms. The van der Waals surface area contributed by atoms with Gasteiger partial charge in [0.2, 0.25) is 15.9 Å². The van der Waals surface area contributed by atoms with Crippen LogP contribution in [0.5, 0.6) is 0 Å². The Kier molecular flexibility index (Phi) is 6.13. The fraction of sp³-hybridized carbons (Fsp3) is 0.261. The van der Waals surface area contributed by atoms with Crippen LogP contribution in [0.25, 0.3) is 22.4 Å². The molecule has 0 spiro atoms. The molecule has 1 saturated heterocycles. The van der Waals surface area contributed by atoms with Crippen molar-refractivity contribution in [1.29, 1.82) is 0 Å². The van der Waals surface area contributed by atoms with Gasteiger partial charge < -0.3 is 4.42 Å². The average molecular weight is 485 g/mol. The molecule has 0 N–H and O–H groups in total. The number of fused-ring (bicyclic) bond motifs is 1. The standard InChI is InChI=1S/C23H21FN4O3S2/c24-20-10-9-17(21-19(20)8-5-11-25-21)15-32-23-27-26-22(31-23)16-6-4-7-18(14-16)33(29,30)28-12-2-1-3-13-28/h4-11,14H,1-3,12-13,15H2. The van der Waals surface area contributed by atoms with Crippen LogP contribution in [-0.4, -0.2) is 41.0 Å². The number of hydrogen-bond acceptors (Lipinski definition) is 7. The second-order valence-electron chi connectivity index (χ2n) is 7.76. The molecule has 0 radical (unpaired) electrons. The topological polar surface area (TPSA) is 89.2 Å². The first-order chi connectivity index (χ1) is 16.0. The monoisotopic (exact) mass is 484 g/mol. The number of rotatable bonds is 6. The number of thioether (sulfide) groups is 1. The van der Waals surface area contributed by atoms with E-state index in [0.29, 0.717) is 40.5 Å². The molecule has 170 valence electrons. The Balaban J connectivity index is 1.34. The molecule has 10 heteroatoms. The summed E-state index contributed by atoms with van der Waals surface area (Å²) in [5, 5.41) is 8.97. The van der Waals surface area contributed by atoms with Crippen LogP contribution < -0.4 is 0 Å². The van der Waals surface area contributed by atoms with Crippen molar-refractivity contribution in [3.05, 3.63) is 66.1 Å². The molecule has 5 rings (SSSR count). The van der Waals surface area contributed by atoms with Gasteiger partial charge in [-0.05, 0) is 54.8 Å². The van der Waals surface area contributed by atoms with Crippen molar-refractivity contribution < 1.29 is 17.2 Å². The molecule has 4 aromatic rings. The van der Waals surface area contributed by atoms with E-state index in [4.69, 9.17) is 4.42 Å². The highest BCUT2D eigenvalue weighted by molar-refractivity contribution is 7.98. The second kappa shape index (κ2) is 9.20. The third kappa shape index (κ3) is 4.50. The van der Waals surface area contributed by atoms with Crippen LogP contribution in [-0.2, 0) is 15.8 Å². The molecule has 1 aliphatic rings. The molecule has 3 heterocycles. The van der Waals surface area contributed by atoms with Gasteiger partial charge in [0, 0.05) is 36.0 Å². The zero-order valence-electron chi connectivity index (χ0n) is 17.6. The Bertz CT molecular complexity index is 1400. The molecule has 0 aliphatic carbocycles. The van der Waals surface area contributed by atoms with Gasteiger partial charge in [0.1, 0.15) is 5.82 Å². The average Bonchev–Trinajstić information content (AvgIpc) is 3.34. The molecule has 0 saturated carbocycles. The summed E-state index contributed by atoms with van der Waals surface area (Å²) >= 11 is 1.31. The van der Waals surface area contributed by atoms with Gasteiger partial charge in [-0.1, -0.05) is 30.3 Å². The summed E-state index contributed by atoms with van der Waals surface area (Å²) in [6.45, 7) is 1.08. The van der Waals surface area contributed by atoms with E-state index in [1.165, 1.54) is 22.1 Å². The lowest BCUT2D eigenvalue weighted by Gasteiger charge is -2.25. The number of aromatic nitrogens is 3.